The van der Waals surface area contributed by atoms with E-state index >= 15 is 0 Å². The molecule has 0 atom stereocenters. The molecule has 14 heavy (non-hydrogen) atoms. The SMILES string of the molecule is Cl.OCCCc1cccc2nccn12. The van der Waals surface area contributed by atoms with Crippen LogP contribution >= 0.6 is 12.4 Å². The number of aliphatic hydroxyl groups excluding tert-OH is 1. The van der Waals surface area contributed by atoms with Crippen LogP contribution in [0, 0.1) is 0 Å². The monoisotopic (exact) mass is 212 g/mol. The van der Waals surface area contributed by atoms with Crippen LogP contribution in [0.3, 0.4) is 0 Å². The van der Waals surface area contributed by atoms with Crippen molar-refractivity contribution in [1.29, 1.82) is 0 Å². The first-order chi connectivity index (χ1) is 6.42. The fourth-order valence-corrected chi connectivity index (χ4v) is 1.47. The second-order valence-electron chi connectivity index (χ2n) is 3.00. The summed E-state index contributed by atoms with van der Waals surface area (Å²) in [5, 5.41) is 8.73. The summed E-state index contributed by atoms with van der Waals surface area (Å²) in [7, 11) is 0. The number of rotatable bonds is 3. The lowest BCUT2D eigenvalue weighted by Gasteiger charge is -2.03. The first-order valence-corrected chi connectivity index (χ1v) is 4.43. The number of fused-ring (bicyclic) bond motifs is 1. The highest BCUT2D eigenvalue weighted by atomic mass is 35.5. The second kappa shape index (κ2) is 4.98. The normalized spacial score (nSPS) is 10.1. The molecule has 0 radical (unpaired) electrons. The zero-order chi connectivity index (χ0) is 9.10. The van der Waals surface area contributed by atoms with Gasteiger partial charge in [0, 0.05) is 24.7 Å². The lowest BCUT2D eigenvalue weighted by molar-refractivity contribution is 0.288. The van der Waals surface area contributed by atoms with E-state index < -0.39 is 0 Å². The minimum absolute atomic E-state index is 0. The van der Waals surface area contributed by atoms with Gasteiger partial charge in [0.2, 0.25) is 0 Å². The summed E-state index contributed by atoms with van der Waals surface area (Å²) in [5.74, 6) is 0. The highest BCUT2D eigenvalue weighted by molar-refractivity contribution is 5.85. The Morgan fingerprint density at radius 2 is 2.21 bits per heavy atom. The van der Waals surface area contributed by atoms with Crippen molar-refractivity contribution in [3.63, 3.8) is 0 Å². The van der Waals surface area contributed by atoms with Gasteiger partial charge < -0.3 is 9.51 Å². The van der Waals surface area contributed by atoms with Crippen LogP contribution in [-0.2, 0) is 6.42 Å². The molecule has 0 aliphatic heterocycles. The van der Waals surface area contributed by atoms with Crippen LogP contribution in [0.2, 0.25) is 0 Å². The van der Waals surface area contributed by atoms with Crippen molar-refractivity contribution >= 4 is 18.1 Å². The van der Waals surface area contributed by atoms with Gasteiger partial charge in [0.05, 0.1) is 0 Å². The molecule has 2 aromatic rings. The number of imidazole rings is 1. The largest absolute Gasteiger partial charge is 0.396 e. The molecule has 1 N–H and O–H groups in total. The van der Waals surface area contributed by atoms with Crippen LogP contribution in [0.25, 0.3) is 5.65 Å². The summed E-state index contributed by atoms with van der Waals surface area (Å²) >= 11 is 0. The third-order valence-corrected chi connectivity index (χ3v) is 2.10. The average Bonchev–Trinajstić information content (AvgIpc) is 2.62. The lowest BCUT2D eigenvalue weighted by atomic mass is 10.2. The van der Waals surface area contributed by atoms with Crippen LogP contribution in [-0.4, -0.2) is 21.1 Å². The van der Waals surface area contributed by atoms with Crippen LogP contribution < -0.4 is 0 Å². The molecule has 0 bridgehead atoms. The van der Waals surface area contributed by atoms with Gasteiger partial charge in [-0.15, -0.1) is 12.4 Å². The zero-order valence-corrected chi connectivity index (χ0v) is 8.57. The van der Waals surface area contributed by atoms with E-state index in [0.29, 0.717) is 0 Å². The molecule has 3 nitrogen and oxygen atoms in total. The summed E-state index contributed by atoms with van der Waals surface area (Å²) in [4.78, 5) is 4.19. The van der Waals surface area contributed by atoms with E-state index in [9.17, 15) is 0 Å². The van der Waals surface area contributed by atoms with Crippen molar-refractivity contribution in [3.05, 3.63) is 36.3 Å². The molecule has 0 aliphatic rings. The number of aryl methyl sites for hydroxylation is 1. The molecule has 2 rings (SSSR count). The minimum atomic E-state index is 0. The predicted octanol–water partition coefficient (Wildman–Crippen LogP) is 1.68. The molecule has 0 saturated heterocycles. The maximum Gasteiger partial charge on any atom is 0.136 e. The topological polar surface area (TPSA) is 37.5 Å². The molecule has 0 aliphatic carbocycles. The fourth-order valence-electron chi connectivity index (χ4n) is 1.47. The maximum absolute atomic E-state index is 8.73. The number of hydrogen-bond donors (Lipinski definition) is 1. The molecule has 0 fully saturated rings. The van der Waals surface area contributed by atoms with E-state index in [2.05, 4.69) is 15.5 Å². The van der Waals surface area contributed by atoms with Gasteiger partial charge in [0.25, 0.3) is 0 Å². The number of hydrogen-bond acceptors (Lipinski definition) is 2. The van der Waals surface area contributed by atoms with E-state index in [0.717, 1.165) is 18.5 Å². The Bertz CT molecular complexity index is 400. The Morgan fingerprint density at radius 3 is 3.00 bits per heavy atom. The lowest BCUT2D eigenvalue weighted by Crippen LogP contribution is -1.97. The Hall–Kier alpha value is -1.06. The fraction of sp³-hybridized carbons (Fsp3) is 0.300. The first-order valence-electron chi connectivity index (χ1n) is 4.43. The van der Waals surface area contributed by atoms with Crippen LogP contribution in [0.15, 0.2) is 30.6 Å². The number of aliphatic hydroxyl groups is 1. The van der Waals surface area contributed by atoms with E-state index in [1.807, 2.05) is 18.3 Å². The second-order valence-corrected chi connectivity index (χ2v) is 3.00. The Kier molecular flexibility index (Phi) is 3.92. The quantitative estimate of drug-likeness (QED) is 0.841. The third-order valence-electron chi connectivity index (χ3n) is 2.10. The first kappa shape index (κ1) is 11.0. The van der Waals surface area contributed by atoms with Crippen molar-refractivity contribution in [2.45, 2.75) is 12.8 Å². The predicted molar refractivity (Wildman–Crippen MR) is 57.8 cm³/mol. The van der Waals surface area contributed by atoms with Gasteiger partial charge in [0.1, 0.15) is 5.65 Å². The smallest absolute Gasteiger partial charge is 0.136 e. The molecule has 0 saturated carbocycles. The van der Waals surface area contributed by atoms with Crippen molar-refractivity contribution < 1.29 is 5.11 Å². The Morgan fingerprint density at radius 1 is 1.36 bits per heavy atom. The van der Waals surface area contributed by atoms with E-state index in [1.165, 1.54) is 5.69 Å². The molecule has 0 aromatic carbocycles. The summed E-state index contributed by atoms with van der Waals surface area (Å²) in [5.41, 5.74) is 2.17. The number of nitrogens with zero attached hydrogens (tertiary/aromatic N) is 2. The summed E-state index contributed by atoms with van der Waals surface area (Å²) in [6, 6.07) is 6.03. The van der Waals surface area contributed by atoms with E-state index in [1.54, 1.807) is 6.20 Å². The van der Waals surface area contributed by atoms with Crippen LogP contribution in [0.4, 0.5) is 0 Å². The summed E-state index contributed by atoms with van der Waals surface area (Å²) < 4.78 is 2.05. The molecule has 0 unspecified atom stereocenters. The maximum atomic E-state index is 8.73. The average molecular weight is 213 g/mol. The highest BCUT2D eigenvalue weighted by Crippen LogP contribution is 2.07. The van der Waals surface area contributed by atoms with Gasteiger partial charge in [-0.1, -0.05) is 6.07 Å². The molecular formula is C10H13ClN2O. The van der Waals surface area contributed by atoms with Gasteiger partial charge in [-0.3, -0.25) is 0 Å². The van der Waals surface area contributed by atoms with Gasteiger partial charge in [0.15, 0.2) is 0 Å². The van der Waals surface area contributed by atoms with E-state index in [-0.39, 0.29) is 19.0 Å². The van der Waals surface area contributed by atoms with Crippen LogP contribution in [0.1, 0.15) is 12.1 Å². The summed E-state index contributed by atoms with van der Waals surface area (Å²) in [6.45, 7) is 0.241. The highest BCUT2D eigenvalue weighted by Gasteiger charge is 1.98. The van der Waals surface area contributed by atoms with Gasteiger partial charge in [-0.25, -0.2) is 4.98 Å². The standard InChI is InChI=1S/C10H12N2O.ClH/c13-8-2-4-9-3-1-5-10-11-6-7-12(9)10;/h1,3,5-7,13H,2,4,8H2;1H. The Balaban J connectivity index is 0.000000980. The van der Waals surface area contributed by atoms with Gasteiger partial charge >= 0.3 is 0 Å². The number of halogens is 1. The molecule has 76 valence electrons. The molecule has 2 aromatic heterocycles. The molecule has 0 amide bonds. The third kappa shape index (κ3) is 2.05. The minimum Gasteiger partial charge on any atom is -0.396 e. The summed E-state index contributed by atoms with van der Waals surface area (Å²) in [6.07, 6.45) is 5.43. The molecule has 4 heteroatoms. The zero-order valence-electron chi connectivity index (χ0n) is 7.76. The number of aromatic nitrogens is 2. The van der Waals surface area contributed by atoms with Gasteiger partial charge in [-0.2, -0.15) is 0 Å². The van der Waals surface area contributed by atoms with Crippen molar-refractivity contribution in [2.24, 2.45) is 0 Å². The molecular weight excluding hydrogens is 200 g/mol. The van der Waals surface area contributed by atoms with Crippen molar-refractivity contribution in [2.75, 3.05) is 6.61 Å². The van der Waals surface area contributed by atoms with E-state index in [4.69, 9.17) is 5.11 Å². The number of pyridine rings is 1. The Labute approximate surface area is 88.8 Å². The van der Waals surface area contributed by atoms with Crippen LogP contribution in [0.5, 0.6) is 0 Å². The molecule has 2 heterocycles. The molecule has 0 spiro atoms. The van der Waals surface area contributed by atoms with Crippen molar-refractivity contribution in [1.82, 2.24) is 9.38 Å². The van der Waals surface area contributed by atoms with Crippen molar-refractivity contribution in [3.8, 4) is 0 Å². The van der Waals surface area contributed by atoms with Gasteiger partial charge in [-0.05, 0) is 25.0 Å².